The van der Waals surface area contributed by atoms with Crippen molar-refractivity contribution in [2.45, 2.75) is 18.7 Å². The molecule has 0 bridgehead atoms. The number of thiazole rings is 1. The second-order valence-electron chi connectivity index (χ2n) is 4.64. The van der Waals surface area contributed by atoms with E-state index in [0.717, 1.165) is 40.2 Å². The Bertz CT molecular complexity index is 724. The van der Waals surface area contributed by atoms with Crippen LogP contribution in [-0.4, -0.2) is 16.6 Å². The van der Waals surface area contributed by atoms with Crippen molar-refractivity contribution in [3.63, 3.8) is 0 Å². The second kappa shape index (κ2) is 6.87. The molecule has 0 aliphatic carbocycles. The molecule has 0 aliphatic heterocycles. The first-order chi connectivity index (χ1) is 10.4. The minimum absolute atomic E-state index is 0.482. The van der Waals surface area contributed by atoms with E-state index < -0.39 is 0 Å². The molecule has 3 aromatic rings. The van der Waals surface area contributed by atoms with Crippen LogP contribution in [0.25, 0.3) is 10.9 Å². The highest BCUT2D eigenvalue weighted by molar-refractivity contribution is 7.09. The van der Waals surface area contributed by atoms with Crippen molar-refractivity contribution < 1.29 is 4.74 Å². The van der Waals surface area contributed by atoms with Crippen LogP contribution in [0.1, 0.15) is 17.1 Å². The summed E-state index contributed by atoms with van der Waals surface area (Å²) in [5, 5.41) is 4.19. The average Bonchev–Trinajstić information content (AvgIpc) is 3.00. The molecule has 0 atom stereocenters. The Kier molecular flexibility index (Phi) is 4.68. The highest BCUT2D eigenvalue weighted by atomic mass is 35.5. The van der Waals surface area contributed by atoms with E-state index in [-0.39, 0.29) is 0 Å². The molecule has 0 saturated heterocycles. The Morgan fingerprint density at radius 2 is 2.14 bits per heavy atom. The molecule has 0 fully saturated rings. The Hall–Kier alpha value is -1.65. The summed E-state index contributed by atoms with van der Waals surface area (Å²) in [5.74, 6) is 1.37. The van der Waals surface area contributed by atoms with E-state index in [4.69, 9.17) is 16.3 Å². The van der Waals surface area contributed by atoms with Gasteiger partial charge in [0.2, 0.25) is 0 Å². The average molecular weight is 319 g/mol. The Labute approximate surface area is 132 Å². The Balaban J connectivity index is 1.57. The summed E-state index contributed by atoms with van der Waals surface area (Å²) in [4.78, 5) is 8.77. The summed E-state index contributed by atoms with van der Waals surface area (Å²) in [6, 6.07) is 9.91. The van der Waals surface area contributed by atoms with Crippen molar-refractivity contribution in [3.8, 4) is 5.75 Å². The normalized spacial score (nSPS) is 10.9. The number of hydrogen-bond acceptors (Lipinski definition) is 4. The van der Waals surface area contributed by atoms with Gasteiger partial charge in [-0.1, -0.05) is 6.07 Å². The first-order valence-electron chi connectivity index (χ1n) is 6.82. The second-order valence-corrected chi connectivity index (χ2v) is 5.85. The van der Waals surface area contributed by atoms with E-state index in [1.807, 2.05) is 35.7 Å². The van der Waals surface area contributed by atoms with Crippen molar-refractivity contribution >= 4 is 33.8 Å². The highest BCUT2D eigenvalue weighted by Gasteiger charge is 2.04. The monoisotopic (exact) mass is 318 g/mol. The third kappa shape index (κ3) is 3.52. The van der Waals surface area contributed by atoms with E-state index in [1.54, 1.807) is 17.5 Å². The van der Waals surface area contributed by atoms with Crippen LogP contribution < -0.4 is 4.74 Å². The number of hydrogen-bond donors (Lipinski definition) is 0. The summed E-state index contributed by atoms with van der Waals surface area (Å²) in [7, 11) is 0. The van der Waals surface area contributed by atoms with Crippen LogP contribution >= 0.6 is 22.9 Å². The molecule has 0 spiro atoms. The van der Waals surface area contributed by atoms with E-state index in [1.165, 1.54) is 0 Å². The molecule has 108 valence electrons. The number of ether oxygens (including phenoxy) is 1. The van der Waals surface area contributed by atoms with Crippen molar-refractivity contribution in [1.82, 2.24) is 9.97 Å². The first-order valence-corrected chi connectivity index (χ1v) is 8.24. The van der Waals surface area contributed by atoms with Gasteiger partial charge in [-0.25, -0.2) is 4.98 Å². The summed E-state index contributed by atoms with van der Waals surface area (Å²) in [6.45, 7) is 0.670. The SMILES string of the molecule is ClCc1csc(CCCOc2cccc3ncccc23)n1. The fraction of sp³-hybridized carbons (Fsp3) is 0.250. The number of benzene rings is 1. The van der Waals surface area contributed by atoms with Crippen LogP contribution in [0.3, 0.4) is 0 Å². The van der Waals surface area contributed by atoms with Crippen molar-refractivity contribution in [1.29, 1.82) is 0 Å². The van der Waals surface area contributed by atoms with Gasteiger partial charge in [-0.05, 0) is 30.7 Å². The molecule has 0 saturated carbocycles. The van der Waals surface area contributed by atoms with Gasteiger partial charge in [-0.2, -0.15) is 0 Å². The third-order valence-electron chi connectivity index (χ3n) is 3.13. The summed E-state index contributed by atoms with van der Waals surface area (Å²) >= 11 is 7.41. The smallest absolute Gasteiger partial charge is 0.128 e. The van der Waals surface area contributed by atoms with Gasteiger partial charge in [0.1, 0.15) is 5.75 Å². The lowest BCUT2D eigenvalue weighted by atomic mass is 10.2. The van der Waals surface area contributed by atoms with Crippen molar-refractivity contribution in [3.05, 3.63) is 52.6 Å². The summed E-state index contributed by atoms with van der Waals surface area (Å²) in [5.41, 5.74) is 1.92. The van der Waals surface area contributed by atoms with Gasteiger partial charge >= 0.3 is 0 Å². The zero-order valence-corrected chi connectivity index (χ0v) is 13.0. The van der Waals surface area contributed by atoms with Crippen molar-refractivity contribution in [2.24, 2.45) is 0 Å². The lowest BCUT2D eigenvalue weighted by Gasteiger charge is -2.08. The van der Waals surface area contributed by atoms with Gasteiger partial charge in [-0.3, -0.25) is 4.98 Å². The van der Waals surface area contributed by atoms with Crippen LogP contribution in [0.15, 0.2) is 41.9 Å². The zero-order valence-electron chi connectivity index (χ0n) is 11.5. The number of fused-ring (bicyclic) bond motifs is 1. The highest BCUT2D eigenvalue weighted by Crippen LogP contribution is 2.24. The summed E-state index contributed by atoms with van der Waals surface area (Å²) in [6.07, 6.45) is 3.65. The minimum atomic E-state index is 0.482. The van der Waals surface area contributed by atoms with Crippen LogP contribution in [-0.2, 0) is 12.3 Å². The van der Waals surface area contributed by atoms with Crippen LogP contribution in [0.4, 0.5) is 0 Å². The van der Waals surface area contributed by atoms with Crippen LogP contribution in [0, 0.1) is 0 Å². The molecule has 2 aromatic heterocycles. The largest absolute Gasteiger partial charge is 0.493 e. The van der Waals surface area contributed by atoms with Gasteiger partial charge in [0.25, 0.3) is 0 Å². The Morgan fingerprint density at radius 3 is 3.00 bits per heavy atom. The zero-order chi connectivity index (χ0) is 14.5. The number of aromatic nitrogens is 2. The molecular formula is C16H15ClN2OS. The fourth-order valence-corrected chi connectivity index (χ4v) is 3.20. The molecule has 21 heavy (non-hydrogen) atoms. The maximum atomic E-state index is 5.88. The number of nitrogens with zero attached hydrogens (tertiary/aromatic N) is 2. The maximum Gasteiger partial charge on any atom is 0.128 e. The standard InChI is InChI=1S/C16H15ClN2OS/c17-10-12-11-21-16(19-12)7-3-9-20-15-6-1-5-14-13(15)4-2-8-18-14/h1-2,4-6,8,11H,3,7,9-10H2. The molecular weight excluding hydrogens is 304 g/mol. The molecule has 0 N–H and O–H groups in total. The minimum Gasteiger partial charge on any atom is -0.493 e. The molecule has 5 heteroatoms. The van der Waals surface area contributed by atoms with E-state index in [9.17, 15) is 0 Å². The molecule has 0 aliphatic rings. The molecule has 0 radical (unpaired) electrons. The maximum absolute atomic E-state index is 5.88. The molecule has 0 unspecified atom stereocenters. The fourth-order valence-electron chi connectivity index (χ4n) is 2.13. The molecule has 3 rings (SSSR count). The quantitative estimate of drug-likeness (QED) is 0.498. The van der Waals surface area contributed by atoms with E-state index >= 15 is 0 Å². The number of pyridine rings is 1. The predicted molar refractivity (Wildman–Crippen MR) is 87.2 cm³/mol. The van der Waals surface area contributed by atoms with Gasteiger partial charge < -0.3 is 4.74 Å². The van der Waals surface area contributed by atoms with Gasteiger partial charge in [-0.15, -0.1) is 22.9 Å². The van der Waals surface area contributed by atoms with Crippen molar-refractivity contribution in [2.75, 3.05) is 6.61 Å². The van der Waals surface area contributed by atoms with Crippen LogP contribution in [0.2, 0.25) is 0 Å². The molecule has 0 amide bonds. The number of aryl methyl sites for hydroxylation is 1. The van der Waals surface area contributed by atoms with E-state index in [2.05, 4.69) is 9.97 Å². The first kappa shape index (κ1) is 14.3. The van der Waals surface area contributed by atoms with Gasteiger partial charge in [0, 0.05) is 23.4 Å². The van der Waals surface area contributed by atoms with E-state index in [0.29, 0.717) is 12.5 Å². The van der Waals surface area contributed by atoms with Gasteiger partial charge in [0.15, 0.2) is 0 Å². The lowest BCUT2D eigenvalue weighted by Crippen LogP contribution is -2.00. The number of halogens is 1. The topological polar surface area (TPSA) is 35.0 Å². The molecule has 1 aromatic carbocycles. The molecule has 3 nitrogen and oxygen atoms in total. The lowest BCUT2D eigenvalue weighted by molar-refractivity contribution is 0.314. The number of alkyl halides is 1. The predicted octanol–water partition coefficient (Wildman–Crippen LogP) is 4.44. The third-order valence-corrected chi connectivity index (χ3v) is 4.37. The summed E-state index contributed by atoms with van der Waals surface area (Å²) < 4.78 is 5.88. The molecule has 2 heterocycles. The van der Waals surface area contributed by atoms with Crippen LogP contribution in [0.5, 0.6) is 5.75 Å². The number of rotatable bonds is 6. The Morgan fingerprint density at radius 1 is 1.19 bits per heavy atom. The van der Waals surface area contributed by atoms with Gasteiger partial charge in [0.05, 0.1) is 28.7 Å².